The Labute approximate surface area is 96.1 Å². The molecule has 90 valence electrons. The monoisotopic (exact) mass is 239 g/mol. The van der Waals surface area contributed by atoms with Crippen LogP contribution in [0.4, 0.5) is 14.6 Å². The number of nitrogens with zero attached hydrogens (tertiary/aromatic N) is 5. The van der Waals surface area contributed by atoms with Gasteiger partial charge >= 0.3 is 0 Å². The lowest BCUT2D eigenvalue weighted by molar-refractivity contribution is 0.0612. The van der Waals surface area contributed by atoms with Crippen molar-refractivity contribution in [1.82, 2.24) is 19.7 Å². The summed E-state index contributed by atoms with van der Waals surface area (Å²) in [6, 6.07) is 0. The minimum Gasteiger partial charge on any atom is -0.355 e. The van der Waals surface area contributed by atoms with Crippen LogP contribution in [0.1, 0.15) is 0 Å². The standard InChI is InChI=1S/C10H11F2N5/c1-16-9-7(2-15-16)10(14-5-13-9)17-3-6(4-17)8(11)12/h2,5-6,8H,3-4H2,1H3. The summed E-state index contributed by atoms with van der Waals surface area (Å²) >= 11 is 0. The van der Waals surface area contributed by atoms with E-state index in [-0.39, 0.29) is 0 Å². The second-order valence-electron chi connectivity index (χ2n) is 4.20. The Kier molecular flexibility index (Phi) is 2.20. The highest BCUT2D eigenvalue weighted by Crippen LogP contribution is 2.30. The predicted molar refractivity (Wildman–Crippen MR) is 58.0 cm³/mol. The number of aromatic nitrogens is 4. The first-order valence-corrected chi connectivity index (χ1v) is 5.32. The minimum absolute atomic E-state index is 0.346. The second kappa shape index (κ2) is 3.61. The van der Waals surface area contributed by atoms with Gasteiger partial charge in [0.2, 0.25) is 6.43 Å². The zero-order chi connectivity index (χ0) is 12.0. The van der Waals surface area contributed by atoms with Crippen molar-refractivity contribution in [2.45, 2.75) is 6.43 Å². The molecule has 0 radical (unpaired) electrons. The average molecular weight is 239 g/mol. The molecule has 1 aliphatic heterocycles. The zero-order valence-corrected chi connectivity index (χ0v) is 9.22. The van der Waals surface area contributed by atoms with E-state index in [1.54, 1.807) is 17.9 Å². The summed E-state index contributed by atoms with van der Waals surface area (Å²) in [7, 11) is 1.79. The Morgan fingerprint density at radius 3 is 2.82 bits per heavy atom. The van der Waals surface area contributed by atoms with Crippen LogP contribution < -0.4 is 4.90 Å². The molecule has 0 N–H and O–H groups in total. The molecule has 7 heteroatoms. The molecule has 0 saturated carbocycles. The third-order valence-corrected chi connectivity index (χ3v) is 3.07. The van der Waals surface area contributed by atoms with E-state index in [0.717, 1.165) is 11.0 Å². The number of alkyl halides is 2. The second-order valence-corrected chi connectivity index (χ2v) is 4.20. The van der Waals surface area contributed by atoms with E-state index < -0.39 is 12.3 Å². The molecule has 3 heterocycles. The van der Waals surface area contributed by atoms with Crippen molar-refractivity contribution in [2.75, 3.05) is 18.0 Å². The summed E-state index contributed by atoms with van der Waals surface area (Å²) in [6.45, 7) is 0.692. The van der Waals surface area contributed by atoms with Gasteiger partial charge in [-0.25, -0.2) is 18.7 Å². The summed E-state index contributed by atoms with van der Waals surface area (Å²) in [6.07, 6.45) is 0.854. The molecule has 3 rings (SSSR count). The first kappa shape index (κ1) is 10.4. The van der Waals surface area contributed by atoms with Gasteiger partial charge in [0.25, 0.3) is 0 Å². The number of rotatable bonds is 2. The molecule has 0 spiro atoms. The fraction of sp³-hybridized carbons (Fsp3) is 0.500. The summed E-state index contributed by atoms with van der Waals surface area (Å²) in [5.41, 5.74) is 0.718. The third-order valence-electron chi connectivity index (χ3n) is 3.07. The van der Waals surface area contributed by atoms with E-state index in [2.05, 4.69) is 15.1 Å². The van der Waals surface area contributed by atoms with Crippen molar-refractivity contribution in [3.05, 3.63) is 12.5 Å². The van der Waals surface area contributed by atoms with E-state index in [1.165, 1.54) is 6.33 Å². The molecule has 1 aliphatic rings. The van der Waals surface area contributed by atoms with Gasteiger partial charge in [-0.1, -0.05) is 0 Å². The van der Waals surface area contributed by atoms with Crippen molar-refractivity contribution in [3.63, 3.8) is 0 Å². The molecule has 0 unspecified atom stereocenters. The predicted octanol–water partition coefficient (Wildman–Crippen LogP) is 1.06. The normalized spacial score (nSPS) is 16.8. The number of fused-ring (bicyclic) bond motifs is 1. The van der Waals surface area contributed by atoms with Gasteiger partial charge in [-0.05, 0) is 0 Å². The van der Waals surface area contributed by atoms with Gasteiger partial charge in [-0.2, -0.15) is 5.10 Å². The Hall–Kier alpha value is -1.79. The van der Waals surface area contributed by atoms with Gasteiger partial charge in [-0.15, -0.1) is 0 Å². The van der Waals surface area contributed by atoms with Crippen LogP contribution >= 0.6 is 0 Å². The largest absolute Gasteiger partial charge is 0.355 e. The molecule has 0 aliphatic carbocycles. The number of halogens is 2. The number of hydrogen-bond donors (Lipinski definition) is 0. The van der Waals surface area contributed by atoms with Crippen molar-refractivity contribution < 1.29 is 8.78 Å². The van der Waals surface area contributed by atoms with Crippen LogP contribution in [0.15, 0.2) is 12.5 Å². The summed E-state index contributed by atoms with van der Waals surface area (Å²) in [5, 5.41) is 4.90. The van der Waals surface area contributed by atoms with Crippen LogP contribution in [-0.2, 0) is 7.05 Å². The number of anilines is 1. The van der Waals surface area contributed by atoms with Gasteiger partial charge < -0.3 is 4.90 Å². The summed E-state index contributed by atoms with van der Waals surface area (Å²) < 4.78 is 26.5. The van der Waals surface area contributed by atoms with Crippen molar-refractivity contribution in [2.24, 2.45) is 13.0 Å². The van der Waals surface area contributed by atoms with Crippen LogP contribution in [-0.4, -0.2) is 39.3 Å². The lowest BCUT2D eigenvalue weighted by Crippen LogP contribution is -2.50. The quantitative estimate of drug-likeness (QED) is 0.786. The highest BCUT2D eigenvalue weighted by Gasteiger charge is 2.35. The van der Waals surface area contributed by atoms with Gasteiger partial charge in [-0.3, -0.25) is 4.68 Å². The van der Waals surface area contributed by atoms with E-state index in [9.17, 15) is 8.78 Å². The average Bonchev–Trinajstić information content (AvgIpc) is 2.59. The van der Waals surface area contributed by atoms with E-state index in [1.807, 2.05) is 4.90 Å². The molecule has 1 fully saturated rings. The highest BCUT2D eigenvalue weighted by molar-refractivity contribution is 5.86. The first-order valence-electron chi connectivity index (χ1n) is 5.32. The van der Waals surface area contributed by atoms with Gasteiger partial charge in [0.1, 0.15) is 12.1 Å². The Bertz CT molecular complexity index is 547. The number of hydrogen-bond acceptors (Lipinski definition) is 4. The lowest BCUT2D eigenvalue weighted by Gasteiger charge is -2.39. The molecule has 0 bridgehead atoms. The van der Waals surface area contributed by atoms with Crippen LogP contribution in [0.5, 0.6) is 0 Å². The molecule has 1 saturated heterocycles. The van der Waals surface area contributed by atoms with Gasteiger partial charge in [0.05, 0.1) is 17.5 Å². The van der Waals surface area contributed by atoms with Gasteiger partial charge in [0.15, 0.2) is 5.65 Å². The van der Waals surface area contributed by atoms with Crippen LogP contribution in [0.3, 0.4) is 0 Å². The Morgan fingerprint density at radius 2 is 2.12 bits per heavy atom. The maximum atomic E-state index is 12.4. The maximum absolute atomic E-state index is 12.4. The molecule has 0 atom stereocenters. The lowest BCUT2D eigenvalue weighted by atomic mass is 10.0. The van der Waals surface area contributed by atoms with E-state index in [4.69, 9.17) is 0 Å². The van der Waals surface area contributed by atoms with Crippen molar-refractivity contribution in [3.8, 4) is 0 Å². The Morgan fingerprint density at radius 1 is 1.35 bits per heavy atom. The van der Waals surface area contributed by atoms with Gasteiger partial charge in [0, 0.05) is 20.1 Å². The number of aryl methyl sites for hydroxylation is 1. The molecule has 2 aromatic heterocycles. The zero-order valence-electron chi connectivity index (χ0n) is 9.22. The highest BCUT2D eigenvalue weighted by atomic mass is 19.3. The summed E-state index contributed by atoms with van der Waals surface area (Å²) in [4.78, 5) is 10.1. The molecular formula is C10H11F2N5. The smallest absolute Gasteiger partial charge is 0.244 e. The molecule has 2 aromatic rings. The fourth-order valence-corrected chi connectivity index (χ4v) is 2.05. The van der Waals surface area contributed by atoms with Crippen molar-refractivity contribution in [1.29, 1.82) is 0 Å². The van der Waals surface area contributed by atoms with E-state index in [0.29, 0.717) is 18.9 Å². The molecule has 17 heavy (non-hydrogen) atoms. The summed E-state index contributed by atoms with van der Waals surface area (Å²) in [5.74, 6) is 0.150. The topological polar surface area (TPSA) is 46.8 Å². The third kappa shape index (κ3) is 1.53. The first-order chi connectivity index (χ1) is 8.16. The van der Waals surface area contributed by atoms with E-state index >= 15 is 0 Å². The fourth-order valence-electron chi connectivity index (χ4n) is 2.05. The Balaban J connectivity index is 1.92. The molecule has 0 amide bonds. The molecule has 5 nitrogen and oxygen atoms in total. The van der Waals surface area contributed by atoms with Crippen LogP contribution in [0.25, 0.3) is 11.0 Å². The maximum Gasteiger partial charge on any atom is 0.244 e. The molecule has 0 aromatic carbocycles. The molecular weight excluding hydrogens is 228 g/mol. The van der Waals surface area contributed by atoms with Crippen LogP contribution in [0, 0.1) is 5.92 Å². The van der Waals surface area contributed by atoms with Crippen molar-refractivity contribution >= 4 is 16.9 Å². The minimum atomic E-state index is -2.25. The van der Waals surface area contributed by atoms with Crippen LogP contribution in [0.2, 0.25) is 0 Å². The SMILES string of the molecule is Cn1ncc2c(N3CC(C(F)F)C3)ncnc21.